The number of hydrogen-bond acceptors (Lipinski definition) is 3. The van der Waals surface area contributed by atoms with Crippen molar-refractivity contribution in [2.45, 2.75) is 10.6 Å². The molecule has 0 radical (unpaired) electrons. The Morgan fingerprint density at radius 1 is 1.22 bits per heavy atom. The highest BCUT2D eigenvalue weighted by atomic mass is 32.2. The second kappa shape index (κ2) is 5.78. The molecule has 0 saturated carbocycles. The number of anilines is 1. The average Bonchev–Trinajstić information content (AvgIpc) is 2.38. The van der Waals surface area contributed by atoms with Crippen LogP contribution in [0.4, 0.5) is 10.1 Å². The zero-order valence-corrected chi connectivity index (χ0v) is 10.8. The van der Waals surface area contributed by atoms with E-state index in [1.54, 1.807) is 19.2 Å². The molecule has 2 nitrogen and oxygen atoms in total. The Morgan fingerprint density at radius 2 is 2.00 bits per heavy atom. The molecule has 0 amide bonds. The number of benzene rings is 2. The molecular weight excluding hydrogens is 249 g/mol. The molecule has 0 atom stereocenters. The molecule has 2 rings (SSSR count). The van der Waals surface area contributed by atoms with E-state index in [2.05, 4.69) is 0 Å². The van der Waals surface area contributed by atoms with Gasteiger partial charge in [-0.25, -0.2) is 4.39 Å². The predicted molar refractivity (Wildman–Crippen MR) is 73.4 cm³/mol. The fourth-order valence-electron chi connectivity index (χ4n) is 1.61. The van der Waals surface area contributed by atoms with E-state index in [1.165, 1.54) is 17.8 Å². The first-order valence-corrected chi connectivity index (χ1v) is 6.49. The minimum Gasteiger partial charge on any atom is -0.496 e. The van der Waals surface area contributed by atoms with Crippen LogP contribution in [0.1, 0.15) is 5.56 Å². The zero-order valence-electron chi connectivity index (χ0n) is 10.0. The fourth-order valence-corrected chi connectivity index (χ4v) is 2.52. The lowest BCUT2D eigenvalue weighted by atomic mass is 10.2. The zero-order chi connectivity index (χ0) is 13.0. The standard InChI is InChI=1S/C14H14FNOS/c1-17-13-5-3-2-4-10(13)9-18-14-7-6-11(16)8-12(14)15/h2-8H,9,16H2,1H3. The van der Waals surface area contributed by atoms with E-state index in [0.717, 1.165) is 11.3 Å². The monoisotopic (exact) mass is 263 g/mol. The number of nitrogen functional groups attached to an aromatic ring is 1. The highest BCUT2D eigenvalue weighted by Crippen LogP contribution is 2.30. The lowest BCUT2D eigenvalue weighted by Crippen LogP contribution is -1.91. The summed E-state index contributed by atoms with van der Waals surface area (Å²) in [4.78, 5) is 0.593. The number of rotatable bonds is 4. The number of nitrogens with two attached hydrogens (primary N) is 1. The third kappa shape index (κ3) is 2.96. The molecule has 0 bridgehead atoms. The van der Waals surface area contributed by atoms with Crippen molar-refractivity contribution in [2.24, 2.45) is 0 Å². The van der Waals surface area contributed by atoms with Gasteiger partial charge in [-0.2, -0.15) is 0 Å². The summed E-state index contributed by atoms with van der Waals surface area (Å²) in [5, 5.41) is 0. The van der Waals surface area contributed by atoms with Crippen molar-refractivity contribution in [3.8, 4) is 5.75 Å². The number of halogens is 1. The Labute approximate surface area is 110 Å². The average molecular weight is 263 g/mol. The summed E-state index contributed by atoms with van der Waals surface area (Å²) in [6.07, 6.45) is 0. The number of thioether (sulfide) groups is 1. The Hall–Kier alpha value is -1.68. The summed E-state index contributed by atoms with van der Waals surface area (Å²) < 4.78 is 18.9. The number of para-hydroxylation sites is 1. The van der Waals surface area contributed by atoms with Gasteiger partial charge >= 0.3 is 0 Å². The van der Waals surface area contributed by atoms with Crippen LogP contribution in [0.5, 0.6) is 5.75 Å². The van der Waals surface area contributed by atoms with Gasteiger partial charge in [0.2, 0.25) is 0 Å². The topological polar surface area (TPSA) is 35.2 Å². The molecular formula is C14H14FNOS. The van der Waals surface area contributed by atoms with Crippen LogP contribution in [0.15, 0.2) is 47.4 Å². The normalized spacial score (nSPS) is 10.3. The van der Waals surface area contributed by atoms with Crippen LogP contribution in [0.25, 0.3) is 0 Å². The van der Waals surface area contributed by atoms with Crippen LogP contribution >= 0.6 is 11.8 Å². The Bertz CT molecular complexity index is 545. The van der Waals surface area contributed by atoms with Crippen molar-refractivity contribution >= 4 is 17.4 Å². The molecule has 0 fully saturated rings. The van der Waals surface area contributed by atoms with E-state index in [-0.39, 0.29) is 5.82 Å². The molecule has 0 unspecified atom stereocenters. The summed E-state index contributed by atoms with van der Waals surface area (Å²) >= 11 is 1.43. The molecule has 2 aromatic carbocycles. The molecule has 0 heterocycles. The van der Waals surface area contributed by atoms with Crippen molar-refractivity contribution in [3.05, 3.63) is 53.8 Å². The lowest BCUT2D eigenvalue weighted by Gasteiger charge is -2.08. The molecule has 0 spiro atoms. The van der Waals surface area contributed by atoms with Crippen LogP contribution in [0, 0.1) is 5.82 Å². The SMILES string of the molecule is COc1ccccc1CSc1ccc(N)cc1F. The van der Waals surface area contributed by atoms with Gasteiger partial charge in [-0.1, -0.05) is 18.2 Å². The first-order valence-electron chi connectivity index (χ1n) is 5.50. The second-order valence-corrected chi connectivity index (χ2v) is 4.81. The minimum absolute atomic E-state index is 0.283. The van der Waals surface area contributed by atoms with Gasteiger partial charge in [0.15, 0.2) is 0 Å². The third-order valence-corrected chi connectivity index (χ3v) is 3.63. The van der Waals surface area contributed by atoms with E-state index >= 15 is 0 Å². The quantitative estimate of drug-likeness (QED) is 0.674. The highest BCUT2D eigenvalue weighted by Gasteiger charge is 2.06. The summed E-state index contributed by atoms with van der Waals surface area (Å²) in [6.45, 7) is 0. The Balaban J connectivity index is 2.11. The van der Waals surface area contributed by atoms with Crippen LogP contribution < -0.4 is 10.5 Å². The van der Waals surface area contributed by atoms with Crippen molar-refractivity contribution < 1.29 is 9.13 Å². The van der Waals surface area contributed by atoms with Crippen molar-refractivity contribution in [1.29, 1.82) is 0 Å². The molecule has 2 N–H and O–H groups in total. The van der Waals surface area contributed by atoms with E-state index in [9.17, 15) is 4.39 Å². The predicted octanol–water partition coefficient (Wildman–Crippen LogP) is 3.71. The maximum Gasteiger partial charge on any atom is 0.138 e. The number of ether oxygens (including phenoxy) is 1. The minimum atomic E-state index is -0.283. The van der Waals surface area contributed by atoms with E-state index in [1.807, 2.05) is 24.3 Å². The fraction of sp³-hybridized carbons (Fsp3) is 0.143. The second-order valence-electron chi connectivity index (χ2n) is 3.79. The molecule has 18 heavy (non-hydrogen) atoms. The van der Waals surface area contributed by atoms with Gasteiger partial charge in [-0.05, 0) is 24.3 Å². The number of methoxy groups -OCH3 is 1. The molecule has 0 aliphatic heterocycles. The first kappa shape index (κ1) is 12.8. The van der Waals surface area contributed by atoms with Gasteiger partial charge < -0.3 is 10.5 Å². The summed E-state index contributed by atoms with van der Waals surface area (Å²) in [5.41, 5.74) is 6.99. The van der Waals surface area contributed by atoms with Crippen LogP contribution in [0.3, 0.4) is 0 Å². The largest absolute Gasteiger partial charge is 0.496 e. The summed E-state index contributed by atoms with van der Waals surface area (Å²) in [7, 11) is 1.63. The summed E-state index contributed by atoms with van der Waals surface area (Å²) in [5.74, 6) is 1.20. The van der Waals surface area contributed by atoms with Gasteiger partial charge in [0.05, 0.1) is 7.11 Å². The van der Waals surface area contributed by atoms with Gasteiger partial charge in [-0.3, -0.25) is 0 Å². The maximum absolute atomic E-state index is 13.6. The van der Waals surface area contributed by atoms with Crippen LogP contribution in [-0.2, 0) is 5.75 Å². The van der Waals surface area contributed by atoms with E-state index < -0.39 is 0 Å². The van der Waals surface area contributed by atoms with Gasteiger partial charge in [0.25, 0.3) is 0 Å². The third-order valence-electron chi connectivity index (χ3n) is 2.53. The summed E-state index contributed by atoms with van der Waals surface area (Å²) in [6, 6.07) is 12.5. The van der Waals surface area contributed by atoms with Gasteiger partial charge in [-0.15, -0.1) is 11.8 Å². The highest BCUT2D eigenvalue weighted by molar-refractivity contribution is 7.98. The van der Waals surface area contributed by atoms with Crippen molar-refractivity contribution in [2.75, 3.05) is 12.8 Å². The lowest BCUT2D eigenvalue weighted by molar-refractivity contribution is 0.411. The number of hydrogen-bond donors (Lipinski definition) is 1. The van der Waals surface area contributed by atoms with E-state index in [4.69, 9.17) is 10.5 Å². The molecule has 4 heteroatoms. The van der Waals surface area contributed by atoms with Crippen LogP contribution in [-0.4, -0.2) is 7.11 Å². The molecule has 0 aromatic heterocycles. The van der Waals surface area contributed by atoms with Crippen molar-refractivity contribution in [3.63, 3.8) is 0 Å². The van der Waals surface area contributed by atoms with Gasteiger partial charge in [0, 0.05) is 21.9 Å². The van der Waals surface area contributed by atoms with E-state index in [0.29, 0.717) is 16.3 Å². The van der Waals surface area contributed by atoms with Gasteiger partial charge in [0.1, 0.15) is 11.6 Å². The molecule has 2 aromatic rings. The Morgan fingerprint density at radius 3 is 2.72 bits per heavy atom. The molecule has 0 saturated heterocycles. The maximum atomic E-state index is 13.6. The molecule has 0 aliphatic carbocycles. The van der Waals surface area contributed by atoms with Crippen molar-refractivity contribution in [1.82, 2.24) is 0 Å². The van der Waals surface area contributed by atoms with Crippen LogP contribution in [0.2, 0.25) is 0 Å². The molecule has 0 aliphatic rings. The smallest absolute Gasteiger partial charge is 0.138 e. The Kier molecular flexibility index (Phi) is 4.10. The first-order chi connectivity index (χ1) is 8.70. The molecule has 94 valence electrons.